The highest BCUT2D eigenvalue weighted by Crippen LogP contribution is 2.52. The van der Waals surface area contributed by atoms with E-state index in [0.717, 1.165) is 18.8 Å². The van der Waals surface area contributed by atoms with Crippen LogP contribution in [0.2, 0.25) is 0 Å². The summed E-state index contributed by atoms with van der Waals surface area (Å²) in [5.74, 6) is 2.15. The number of nitrogens with one attached hydrogen (secondary N) is 2. The first-order valence-corrected chi connectivity index (χ1v) is 11.7. The second kappa shape index (κ2) is 9.30. The van der Waals surface area contributed by atoms with Gasteiger partial charge in [-0.1, -0.05) is 18.6 Å². The molecular weight excluding hydrogens is 521 g/mol. The van der Waals surface area contributed by atoms with Crippen LogP contribution in [-0.2, 0) is 14.4 Å². The van der Waals surface area contributed by atoms with Crippen LogP contribution in [0.1, 0.15) is 32.1 Å². The highest BCUT2D eigenvalue weighted by atomic mass is 127. The molecule has 0 aromatic carbocycles. The van der Waals surface area contributed by atoms with Gasteiger partial charge in [-0.05, 0) is 49.4 Å². The van der Waals surface area contributed by atoms with E-state index in [4.69, 9.17) is 0 Å². The molecule has 8 nitrogen and oxygen atoms in total. The molecule has 5 rings (SSSR count). The molecule has 0 spiro atoms. The van der Waals surface area contributed by atoms with E-state index in [1.807, 2.05) is 0 Å². The summed E-state index contributed by atoms with van der Waals surface area (Å²) in [7, 11) is 3.44. The van der Waals surface area contributed by atoms with Crippen molar-refractivity contribution >= 4 is 47.7 Å². The van der Waals surface area contributed by atoms with Crippen LogP contribution in [0, 0.1) is 35.5 Å². The second-order valence-electron chi connectivity index (χ2n) is 10.1. The van der Waals surface area contributed by atoms with E-state index in [0.29, 0.717) is 31.0 Å². The predicted octanol–water partition coefficient (Wildman–Crippen LogP) is 1.22. The average molecular weight is 555 g/mol. The van der Waals surface area contributed by atoms with Crippen LogP contribution in [0.15, 0.2) is 17.1 Å². The van der Waals surface area contributed by atoms with Gasteiger partial charge in [0.05, 0.1) is 11.8 Å². The Morgan fingerprint density at radius 3 is 2.34 bits per heavy atom. The summed E-state index contributed by atoms with van der Waals surface area (Å²) in [4.78, 5) is 45.2. The number of likely N-dealkylation sites (tertiary alicyclic amines) is 1. The minimum Gasteiger partial charge on any atom is -0.355 e. The van der Waals surface area contributed by atoms with Crippen LogP contribution >= 0.6 is 24.0 Å². The Labute approximate surface area is 206 Å². The Bertz CT molecular complexity index is 813. The highest BCUT2D eigenvalue weighted by Gasteiger charge is 2.58. The third-order valence-corrected chi connectivity index (χ3v) is 8.12. The monoisotopic (exact) mass is 555 g/mol. The smallest absolute Gasteiger partial charge is 0.243 e. The van der Waals surface area contributed by atoms with Crippen molar-refractivity contribution < 1.29 is 14.4 Å². The van der Waals surface area contributed by atoms with E-state index >= 15 is 0 Å². The third-order valence-electron chi connectivity index (χ3n) is 8.12. The number of amides is 3. The Morgan fingerprint density at radius 1 is 1.09 bits per heavy atom. The van der Waals surface area contributed by atoms with Crippen molar-refractivity contribution in [2.45, 2.75) is 38.1 Å². The van der Waals surface area contributed by atoms with Gasteiger partial charge >= 0.3 is 0 Å². The quantitative estimate of drug-likeness (QED) is 0.169. The Kier molecular flexibility index (Phi) is 6.84. The van der Waals surface area contributed by atoms with Gasteiger partial charge < -0.3 is 15.5 Å². The molecule has 176 valence electrons. The van der Waals surface area contributed by atoms with Gasteiger partial charge in [-0.15, -0.1) is 24.0 Å². The molecule has 0 aromatic rings. The molecule has 7 atom stereocenters. The van der Waals surface area contributed by atoms with Gasteiger partial charge in [-0.25, -0.2) is 4.99 Å². The van der Waals surface area contributed by atoms with Crippen molar-refractivity contribution in [3.63, 3.8) is 0 Å². The number of hydrogen-bond acceptors (Lipinski definition) is 4. The van der Waals surface area contributed by atoms with Gasteiger partial charge in [0.1, 0.15) is 6.54 Å². The van der Waals surface area contributed by atoms with Crippen molar-refractivity contribution in [1.29, 1.82) is 0 Å². The Balaban J connectivity index is 0.00000245. The van der Waals surface area contributed by atoms with E-state index in [-0.39, 0.29) is 71.9 Å². The number of fused-ring (bicyclic) bond motifs is 7. The fraction of sp³-hybridized carbons (Fsp3) is 0.739. The van der Waals surface area contributed by atoms with Gasteiger partial charge in [-0.3, -0.25) is 19.3 Å². The summed E-state index contributed by atoms with van der Waals surface area (Å²) in [6, 6.07) is 0.385. The zero-order valence-corrected chi connectivity index (χ0v) is 21.2. The molecule has 4 fully saturated rings. The minimum atomic E-state index is -0.152. The summed E-state index contributed by atoms with van der Waals surface area (Å²) in [6.45, 7) is 0.843. The van der Waals surface area contributed by atoms with Gasteiger partial charge in [0.2, 0.25) is 17.7 Å². The molecule has 5 aliphatic rings. The summed E-state index contributed by atoms with van der Waals surface area (Å²) in [6.07, 6.45) is 10.2. The number of imide groups is 1. The van der Waals surface area contributed by atoms with Crippen LogP contribution in [0.3, 0.4) is 0 Å². The lowest BCUT2D eigenvalue weighted by molar-refractivity contribution is -0.140. The number of likely N-dealkylation sites (N-methyl/N-ethyl adjacent to an activating group) is 1. The van der Waals surface area contributed by atoms with Crippen molar-refractivity contribution in [2.75, 3.05) is 33.7 Å². The molecule has 4 aliphatic carbocycles. The van der Waals surface area contributed by atoms with E-state index < -0.39 is 0 Å². The number of carbonyl (C=O) groups is 3. The molecule has 1 aliphatic heterocycles. The molecule has 0 aromatic heterocycles. The molecule has 4 bridgehead atoms. The van der Waals surface area contributed by atoms with Crippen LogP contribution < -0.4 is 10.6 Å². The first-order valence-electron chi connectivity index (χ1n) is 11.7. The number of hydrogen-bond donors (Lipinski definition) is 2. The SMILES string of the molecule is CN(C)C(=O)CN=C(NCCN1C(=O)C2C3C=CC(C3)C2C1=O)NC1CC2CCC1C2.I. The first kappa shape index (κ1) is 23.5. The van der Waals surface area contributed by atoms with Crippen LogP contribution in [-0.4, -0.2) is 73.3 Å². The number of allylic oxidation sites excluding steroid dienone is 2. The van der Waals surface area contributed by atoms with Crippen molar-refractivity contribution in [3.8, 4) is 0 Å². The zero-order valence-electron chi connectivity index (χ0n) is 18.8. The maximum absolute atomic E-state index is 12.9. The van der Waals surface area contributed by atoms with Crippen molar-refractivity contribution in [1.82, 2.24) is 20.4 Å². The van der Waals surface area contributed by atoms with Gasteiger partial charge in [0.15, 0.2) is 5.96 Å². The highest BCUT2D eigenvalue weighted by molar-refractivity contribution is 14.0. The lowest BCUT2D eigenvalue weighted by atomic mass is 9.85. The molecule has 2 N–H and O–H groups in total. The van der Waals surface area contributed by atoms with E-state index in [9.17, 15) is 14.4 Å². The lowest BCUT2D eigenvalue weighted by Crippen LogP contribution is -2.48. The number of halogens is 1. The standard InChI is InChI=1S/C23H33N5O3.HI/c1-27(2)18(29)12-25-23(26-17-10-13-3-4-14(17)9-13)24-7-8-28-21(30)19-15-5-6-16(11-15)20(19)22(28)31;/h5-6,13-17,19-20H,3-4,7-12H2,1-2H3,(H2,24,25,26);1H. The predicted molar refractivity (Wildman–Crippen MR) is 131 cm³/mol. The normalized spacial score (nSPS) is 36.5. The summed E-state index contributed by atoms with van der Waals surface area (Å²) < 4.78 is 0. The summed E-state index contributed by atoms with van der Waals surface area (Å²) in [5.41, 5.74) is 0. The number of guanidine groups is 1. The Morgan fingerprint density at radius 2 is 1.78 bits per heavy atom. The van der Waals surface area contributed by atoms with Gasteiger partial charge in [-0.2, -0.15) is 0 Å². The first-order chi connectivity index (χ1) is 14.9. The topological polar surface area (TPSA) is 94.1 Å². The lowest BCUT2D eigenvalue weighted by Gasteiger charge is -2.26. The Hall–Kier alpha value is -1.65. The molecule has 9 heteroatoms. The number of rotatable bonds is 6. The molecule has 7 unspecified atom stereocenters. The molecule has 1 saturated heterocycles. The van der Waals surface area contributed by atoms with Gasteiger partial charge in [0.25, 0.3) is 0 Å². The van der Waals surface area contributed by atoms with E-state index in [1.54, 1.807) is 14.1 Å². The summed E-state index contributed by atoms with van der Waals surface area (Å²) >= 11 is 0. The summed E-state index contributed by atoms with van der Waals surface area (Å²) in [5, 5.41) is 6.80. The van der Waals surface area contributed by atoms with Gasteiger partial charge in [0, 0.05) is 33.2 Å². The number of carbonyl (C=O) groups excluding carboxylic acids is 3. The van der Waals surface area contributed by atoms with Crippen molar-refractivity contribution in [3.05, 3.63) is 12.2 Å². The molecular formula is C23H34IN5O3. The number of nitrogens with zero attached hydrogens (tertiary/aromatic N) is 3. The fourth-order valence-electron chi connectivity index (χ4n) is 6.51. The molecule has 32 heavy (non-hydrogen) atoms. The molecule has 3 amide bonds. The van der Waals surface area contributed by atoms with Crippen LogP contribution in [0.5, 0.6) is 0 Å². The van der Waals surface area contributed by atoms with Crippen LogP contribution in [0.4, 0.5) is 0 Å². The third kappa shape index (κ3) is 4.17. The van der Waals surface area contributed by atoms with Crippen LogP contribution in [0.25, 0.3) is 0 Å². The van der Waals surface area contributed by atoms with E-state index in [1.165, 1.54) is 29.1 Å². The second-order valence-corrected chi connectivity index (χ2v) is 10.1. The maximum atomic E-state index is 12.9. The van der Waals surface area contributed by atoms with Crippen molar-refractivity contribution in [2.24, 2.45) is 40.5 Å². The fourth-order valence-corrected chi connectivity index (χ4v) is 6.51. The largest absolute Gasteiger partial charge is 0.355 e. The maximum Gasteiger partial charge on any atom is 0.243 e. The van der Waals surface area contributed by atoms with E-state index in [2.05, 4.69) is 27.8 Å². The average Bonchev–Trinajstić information content (AvgIpc) is 3.55. The zero-order chi connectivity index (χ0) is 21.7. The molecule has 0 radical (unpaired) electrons. The molecule has 3 saturated carbocycles. The number of aliphatic imine (C=N–C) groups is 1. The molecule has 1 heterocycles. The minimum absolute atomic E-state index is 0.